The number of benzene rings is 1. The molecule has 5 nitrogen and oxygen atoms in total. The van der Waals surface area contributed by atoms with E-state index in [1.165, 1.54) is 16.9 Å². The van der Waals surface area contributed by atoms with E-state index in [9.17, 15) is 4.79 Å². The molecule has 132 valence electrons. The molecule has 1 heterocycles. The van der Waals surface area contributed by atoms with Gasteiger partial charge in [0, 0.05) is 25.1 Å². The SMILES string of the molecule is Cl.NCc1nc(C(=O)NCCCCOCCc2ccccc2)cs1. The Morgan fingerprint density at radius 1 is 1.21 bits per heavy atom. The van der Waals surface area contributed by atoms with Crippen molar-refractivity contribution >= 4 is 29.7 Å². The van der Waals surface area contributed by atoms with Crippen molar-refractivity contribution in [1.82, 2.24) is 10.3 Å². The van der Waals surface area contributed by atoms with Crippen molar-refractivity contribution in [2.45, 2.75) is 25.8 Å². The largest absolute Gasteiger partial charge is 0.381 e. The number of ether oxygens (including phenoxy) is 1. The number of halogens is 1. The fourth-order valence-electron chi connectivity index (χ4n) is 2.07. The van der Waals surface area contributed by atoms with Crippen LogP contribution in [0.15, 0.2) is 35.7 Å². The van der Waals surface area contributed by atoms with Crippen LogP contribution in [-0.4, -0.2) is 30.6 Å². The van der Waals surface area contributed by atoms with Crippen molar-refractivity contribution in [2.24, 2.45) is 5.73 Å². The molecule has 0 atom stereocenters. The summed E-state index contributed by atoms with van der Waals surface area (Å²) in [5, 5.41) is 5.38. The van der Waals surface area contributed by atoms with Gasteiger partial charge in [0.2, 0.25) is 0 Å². The predicted octanol–water partition coefficient (Wildman–Crippen LogP) is 2.79. The summed E-state index contributed by atoms with van der Waals surface area (Å²) in [5.41, 5.74) is 7.23. The van der Waals surface area contributed by atoms with Crippen LogP contribution in [-0.2, 0) is 17.7 Å². The summed E-state index contributed by atoms with van der Waals surface area (Å²) in [6.07, 6.45) is 2.76. The number of amides is 1. The number of aromatic nitrogens is 1. The maximum absolute atomic E-state index is 11.8. The zero-order valence-corrected chi connectivity index (χ0v) is 15.2. The van der Waals surface area contributed by atoms with E-state index in [0.717, 1.165) is 37.5 Å². The quantitative estimate of drug-likeness (QED) is 0.631. The monoisotopic (exact) mass is 369 g/mol. The van der Waals surface area contributed by atoms with Crippen molar-refractivity contribution in [2.75, 3.05) is 19.8 Å². The molecule has 2 rings (SSSR count). The van der Waals surface area contributed by atoms with Gasteiger partial charge in [-0.25, -0.2) is 4.98 Å². The van der Waals surface area contributed by atoms with Crippen LogP contribution >= 0.6 is 23.7 Å². The first-order chi connectivity index (χ1) is 11.3. The van der Waals surface area contributed by atoms with E-state index in [-0.39, 0.29) is 18.3 Å². The van der Waals surface area contributed by atoms with E-state index in [1.807, 2.05) is 18.2 Å². The van der Waals surface area contributed by atoms with Crippen LogP contribution in [0.2, 0.25) is 0 Å². The number of nitrogens with one attached hydrogen (secondary N) is 1. The Bertz CT molecular complexity index is 593. The third-order valence-electron chi connectivity index (χ3n) is 3.34. The average molecular weight is 370 g/mol. The lowest BCUT2D eigenvalue weighted by Crippen LogP contribution is -2.25. The van der Waals surface area contributed by atoms with Gasteiger partial charge in [0.05, 0.1) is 6.61 Å². The topological polar surface area (TPSA) is 77.2 Å². The second-order valence-electron chi connectivity index (χ2n) is 5.14. The minimum atomic E-state index is -0.133. The molecule has 0 radical (unpaired) electrons. The van der Waals surface area contributed by atoms with E-state index in [0.29, 0.717) is 18.8 Å². The van der Waals surface area contributed by atoms with Gasteiger partial charge in [-0.1, -0.05) is 30.3 Å². The van der Waals surface area contributed by atoms with Crippen molar-refractivity contribution in [1.29, 1.82) is 0 Å². The number of unbranched alkanes of at least 4 members (excludes halogenated alkanes) is 1. The number of rotatable bonds is 10. The van der Waals surface area contributed by atoms with Crippen LogP contribution in [0.25, 0.3) is 0 Å². The second kappa shape index (κ2) is 12.0. The molecule has 24 heavy (non-hydrogen) atoms. The molecule has 7 heteroatoms. The molecule has 0 spiro atoms. The fourth-order valence-corrected chi connectivity index (χ4v) is 2.72. The molecule has 0 saturated heterocycles. The highest BCUT2D eigenvalue weighted by Crippen LogP contribution is 2.08. The molecule has 0 aliphatic carbocycles. The van der Waals surface area contributed by atoms with E-state index in [1.54, 1.807) is 5.38 Å². The molecule has 0 saturated carbocycles. The molecule has 0 aliphatic heterocycles. The molecule has 2 aromatic rings. The van der Waals surface area contributed by atoms with Gasteiger partial charge >= 0.3 is 0 Å². The number of thiazole rings is 1. The molecule has 0 unspecified atom stereocenters. The molecular formula is C17H24ClN3O2S. The third-order valence-corrected chi connectivity index (χ3v) is 4.21. The summed E-state index contributed by atoms with van der Waals surface area (Å²) >= 11 is 1.41. The first-order valence-corrected chi connectivity index (χ1v) is 8.72. The first kappa shape index (κ1) is 20.6. The third kappa shape index (κ3) is 7.40. The number of carbonyl (C=O) groups excluding carboxylic acids is 1. The highest BCUT2D eigenvalue weighted by Gasteiger charge is 2.08. The molecular weight excluding hydrogens is 346 g/mol. The Morgan fingerprint density at radius 2 is 2.00 bits per heavy atom. The Labute approximate surface area is 153 Å². The molecule has 3 N–H and O–H groups in total. The molecule has 1 amide bonds. The molecule has 0 fully saturated rings. The standard InChI is InChI=1S/C17H23N3O2S.ClH/c18-12-16-20-15(13-23-16)17(21)19-9-4-5-10-22-11-8-14-6-2-1-3-7-14;/h1-3,6-7,13H,4-5,8-12,18H2,(H,19,21);1H. The Kier molecular flexibility index (Phi) is 10.3. The lowest BCUT2D eigenvalue weighted by atomic mass is 10.2. The van der Waals surface area contributed by atoms with Crippen LogP contribution in [0.3, 0.4) is 0 Å². The summed E-state index contributed by atoms with van der Waals surface area (Å²) < 4.78 is 5.61. The average Bonchev–Trinajstić information content (AvgIpc) is 3.07. The smallest absolute Gasteiger partial charge is 0.270 e. The normalized spacial score (nSPS) is 10.2. The Hall–Kier alpha value is -1.47. The molecule has 1 aromatic carbocycles. The summed E-state index contributed by atoms with van der Waals surface area (Å²) in [4.78, 5) is 16.0. The second-order valence-corrected chi connectivity index (χ2v) is 6.08. The van der Waals surface area contributed by atoms with Crippen LogP contribution in [0.4, 0.5) is 0 Å². The van der Waals surface area contributed by atoms with E-state index >= 15 is 0 Å². The van der Waals surface area contributed by atoms with E-state index in [2.05, 4.69) is 22.4 Å². The van der Waals surface area contributed by atoms with Gasteiger partial charge in [0.15, 0.2) is 0 Å². The number of hydrogen-bond donors (Lipinski definition) is 2. The number of carbonyl (C=O) groups is 1. The Morgan fingerprint density at radius 3 is 2.71 bits per heavy atom. The van der Waals surface area contributed by atoms with Crippen molar-refractivity contribution in [3.05, 3.63) is 52.0 Å². The van der Waals surface area contributed by atoms with Crippen molar-refractivity contribution in [3.8, 4) is 0 Å². The summed E-state index contributed by atoms with van der Waals surface area (Å²) in [5.74, 6) is -0.133. The van der Waals surface area contributed by atoms with Crippen LogP contribution in [0.5, 0.6) is 0 Å². The number of nitrogens with zero attached hydrogens (tertiary/aromatic N) is 1. The van der Waals surface area contributed by atoms with Gasteiger partial charge in [0.25, 0.3) is 5.91 Å². The van der Waals surface area contributed by atoms with Gasteiger partial charge in [-0.15, -0.1) is 23.7 Å². The fraction of sp³-hybridized carbons (Fsp3) is 0.412. The van der Waals surface area contributed by atoms with E-state index < -0.39 is 0 Å². The van der Waals surface area contributed by atoms with Gasteiger partial charge < -0.3 is 15.8 Å². The van der Waals surface area contributed by atoms with Crippen LogP contribution in [0, 0.1) is 0 Å². The zero-order valence-electron chi connectivity index (χ0n) is 13.6. The maximum Gasteiger partial charge on any atom is 0.270 e. The minimum absolute atomic E-state index is 0. The van der Waals surface area contributed by atoms with Crippen LogP contribution < -0.4 is 11.1 Å². The highest BCUT2D eigenvalue weighted by molar-refractivity contribution is 7.09. The highest BCUT2D eigenvalue weighted by atomic mass is 35.5. The zero-order chi connectivity index (χ0) is 16.3. The van der Waals surface area contributed by atoms with Gasteiger partial charge in [-0.3, -0.25) is 4.79 Å². The van der Waals surface area contributed by atoms with Crippen molar-refractivity contribution in [3.63, 3.8) is 0 Å². The summed E-state index contributed by atoms with van der Waals surface area (Å²) in [7, 11) is 0. The maximum atomic E-state index is 11.8. The number of nitrogens with two attached hydrogens (primary N) is 1. The van der Waals surface area contributed by atoms with Gasteiger partial charge in [-0.05, 0) is 24.8 Å². The van der Waals surface area contributed by atoms with Gasteiger partial charge in [-0.2, -0.15) is 0 Å². The molecule has 0 aliphatic rings. The molecule has 0 bridgehead atoms. The van der Waals surface area contributed by atoms with Crippen LogP contribution in [0.1, 0.15) is 33.9 Å². The summed E-state index contributed by atoms with van der Waals surface area (Å²) in [6, 6.07) is 10.3. The van der Waals surface area contributed by atoms with E-state index in [4.69, 9.17) is 10.5 Å². The van der Waals surface area contributed by atoms with Crippen molar-refractivity contribution < 1.29 is 9.53 Å². The summed E-state index contributed by atoms with van der Waals surface area (Å²) in [6.45, 7) is 2.46. The minimum Gasteiger partial charge on any atom is -0.381 e. The van der Waals surface area contributed by atoms with Gasteiger partial charge in [0.1, 0.15) is 10.7 Å². The number of hydrogen-bond acceptors (Lipinski definition) is 5. The molecule has 1 aromatic heterocycles. The Balaban J connectivity index is 0.00000288. The lowest BCUT2D eigenvalue weighted by molar-refractivity contribution is 0.0944. The first-order valence-electron chi connectivity index (χ1n) is 7.84. The predicted molar refractivity (Wildman–Crippen MR) is 99.8 cm³/mol. The lowest BCUT2D eigenvalue weighted by Gasteiger charge is -2.05.